The van der Waals surface area contributed by atoms with E-state index in [9.17, 15) is 4.79 Å². The summed E-state index contributed by atoms with van der Waals surface area (Å²) < 4.78 is 10.2. The van der Waals surface area contributed by atoms with Crippen LogP contribution in [-0.4, -0.2) is 13.1 Å². The lowest BCUT2D eigenvalue weighted by molar-refractivity contribution is 0.0561. The van der Waals surface area contributed by atoms with E-state index < -0.39 is 5.97 Å². The van der Waals surface area contributed by atoms with E-state index in [1.807, 2.05) is 6.07 Å². The van der Waals surface area contributed by atoms with E-state index in [-0.39, 0.29) is 0 Å². The molecule has 0 atom stereocenters. The van der Waals surface area contributed by atoms with Crippen LogP contribution in [0.4, 0.5) is 0 Å². The molecule has 1 aliphatic carbocycles. The lowest BCUT2D eigenvalue weighted by atomic mass is 9.82. The molecule has 0 aromatic carbocycles. The third kappa shape index (κ3) is 2.29. The van der Waals surface area contributed by atoms with Gasteiger partial charge in [-0.3, -0.25) is 0 Å². The fourth-order valence-electron chi connectivity index (χ4n) is 2.33. The second-order valence-electron chi connectivity index (χ2n) is 4.65. The summed E-state index contributed by atoms with van der Waals surface area (Å²) in [6.07, 6.45) is 4.82. The molecule has 0 N–H and O–H groups in total. The van der Waals surface area contributed by atoms with Crippen LogP contribution in [0.25, 0.3) is 0 Å². The van der Waals surface area contributed by atoms with Crippen LogP contribution in [0.15, 0.2) is 16.5 Å². The van der Waals surface area contributed by atoms with Crippen LogP contribution in [0.5, 0.6) is 0 Å². The zero-order valence-electron chi connectivity index (χ0n) is 9.86. The third-order valence-electron chi connectivity index (χ3n) is 3.43. The zero-order valence-corrected chi connectivity index (χ0v) is 9.86. The summed E-state index contributed by atoms with van der Waals surface area (Å²) in [4.78, 5) is 11.2. The Labute approximate surface area is 95.8 Å². The maximum Gasteiger partial charge on any atom is 0.373 e. The molecular formula is C13H18O3. The molecule has 3 nitrogen and oxygen atoms in total. The summed E-state index contributed by atoms with van der Waals surface area (Å²) in [5, 5.41) is 0. The number of furan rings is 1. The Morgan fingerprint density at radius 1 is 1.31 bits per heavy atom. The van der Waals surface area contributed by atoms with Gasteiger partial charge in [0.15, 0.2) is 0 Å². The van der Waals surface area contributed by atoms with E-state index in [1.54, 1.807) is 6.07 Å². The average molecular weight is 222 g/mol. The summed E-state index contributed by atoms with van der Waals surface area (Å²) >= 11 is 0. The lowest BCUT2D eigenvalue weighted by Crippen LogP contribution is -2.10. The summed E-state index contributed by atoms with van der Waals surface area (Å²) in [5.74, 6) is 2.17. The Morgan fingerprint density at radius 3 is 2.62 bits per heavy atom. The van der Waals surface area contributed by atoms with Crippen molar-refractivity contribution in [1.29, 1.82) is 0 Å². The van der Waals surface area contributed by atoms with Gasteiger partial charge in [0.25, 0.3) is 0 Å². The molecule has 1 heterocycles. The van der Waals surface area contributed by atoms with Crippen LogP contribution in [0.2, 0.25) is 0 Å². The lowest BCUT2D eigenvalue weighted by Gasteiger charge is -2.24. The van der Waals surface area contributed by atoms with E-state index in [4.69, 9.17) is 4.42 Å². The third-order valence-corrected chi connectivity index (χ3v) is 3.43. The quantitative estimate of drug-likeness (QED) is 0.720. The van der Waals surface area contributed by atoms with Gasteiger partial charge < -0.3 is 9.15 Å². The van der Waals surface area contributed by atoms with Gasteiger partial charge in [-0.15, -0.1) is 0 Å². The van der Waals surface area contributed by atoms with Crippen molar-refractivity contribution in [2.24, 2.45) is 5.92 Å². The van der Waals surface area contributed by atoms with Crippen LogP contribution in [-0.2, 0) is 4.74 Å². The van der Waals surface area contributed by atoms with E-state index in [0.717, 1.165) is 24.5 Å². The molecule has 0 spiro atoms. The molecule has 1 saturated carbocycles. The standard InChI is InChI=1S/C13H18O3/c1-9-3-5-10(6-4-9)11-7-8-12(16-11)13(14)15-2/h7-10H,3-6H2,1-2H3/t9-,10-. The van der Waals surface area contributed by atoms with Crippen molar-refractivity contribution in [3.05, 3.63) is 23.7 Å². The molecule has 0 bridgehead atoms. The van der Waals surface area contributed by atoms with E-state index in [2.05, 4.69) is 11.7 Å². The number of hydrogen-bond donors (Lipinski definition) is 0. The fraction of sp³-hybridized carbons (Fsp3) is 0.615. The number of esters is 1. The zero-order chi connectivity index (χ0) is 11.5. The van der Waals surface area contributed by atoms with Gasteiger partial charge in [0.2, 0.25) is 5.76 Å². The molecule has 2 rings (SSSR count). The van der Waals surface area contributed by atoms with Crippen LogP contribution in [0.3, 0.4) is 0 Å². The minimum atomic E-state index is -0.393. The minimum absolute atomic E-state index is 0.316. The van der Waals surface area contributed by atoms with Crippen molar-refractivity contribution >= 4 is 5.97 Å². The SMILES string of the molecule is COC(=O)c1ccc([C@H]2CC[C@H](C)CC2)o1. The van der Waals surface area contributed by atoms with Gasteiger partial charge in [0.05, 0.1) is 7.11 Å². The van der Waals surface area contributed by atoms with Crippen molar-refractivity contribution < 1.29 is 13.9 Å². The number of rotatable bonds is 2. The highest BCUT2D eigenvalue weighted by Crippen LogP contribution is 2.36. The fourth-order valence-corrected chi connectivity index (χ4v) is 2.33. The van der Waals surface area contributed by atoms with Gasteiger partial charge in [-0.2, -0.15) is 0 Å². The normalized spacial score (nSPS) is 25.4. The summed E-state index contributed by atoms with van der Waals surface area (Å²) in [7, 11) is 1.37. The van der Waals surface area contributed by atoms with Gasteiger partial charge in [-0.05, 0) is 30.9 Å². The predicted molar refractivity (Wildman–Crippen MR) is 60.4 cm³/mol. The number of methoxy groups -OCH3 is 1. The Morgan fingerprint density at radius 2 is 2.00 bits per heavy atom. The molecule has 0 unspecified atom stereocenters. The van der Waals surface area contributed by atoms with Gasteiger partial charge in [0, 0.05) is 5.92 Å². The first-order valence-electron chi connectivity index (χ1n) is 5.88. The van der Waals surface area contributed by atoms with Crippen LogP contribution >= 0.6 is 0 Å². The molecule has 0 amide bonds. The average Bonchev–Trinajstić information content (AvgIpc) is 2.78. The molecule has 0 aliphatic heterocycles. The van der Waals surface area contributed by atoms with Crippen molar-refractivity contribution in [3.8, 4) is 0 Å². The maximum atomic E-state index is 11.2. The van der Waals surface area contributed by atoms with Crippen LogP contribution in [0, 0.1) is 5.92 Å². The Bertz CT molecular complexity index is 359. The molecule has 3 heteroatoms. The molecule has 1 aromatic rings. The Kier molecular flexibility index (Phi) is 3.32. The van der Waals surface area contributed by atoms with Gasteiger partial charge in [-0.25, -0.2) is 4.79 Å². The molecular weight excluding hydrogens is 204 g/mol. The highest BCUT2D eigenvalue weighted by Gasteiger charge is 2.23. The molecule has 1 aromatic heterocycles. The largest absolute Gasteiger partial charge is 0.463 e. The monoisotopic (exact) mass is 222 g/mol. The summed E-state index contributed by atoms with van der Waals surface area (Å²) in [6, 6.07) is 3.62. The Balaban J connectivity index is 2.04. The maximum absolute atomic E-state index is 11.2. The number of carbonyl (C=O) groups excluding carboxylic acids is 1. The van der Waals surface area contributed by atoms with Crippen molar-refractivity contribution in [2.45, 2.75) is 38.5 Å². The number of carbonyl (C=O) groups is 1. The van der Waals surface area contributed by atoms with Gasteiger partial charge >= 0.3 is 5.97 Å². The minimum Gasteiger partial charge on any atom is -0.463 e. The first kappa shape index (κ1) is 11.2. The van der Waals surface area contributed by atoms with Crippen molar-refractivity contribution in [1.82, 2.24) is 0 Å². The van der Waals surface area contributed by atoms with E-state index >= 15 is 0 Å². The molecule has 0 radical (unpaired) electrons. The summed E-state index contributed by atoms with van der Waals surface area (Å²) in [5.41, 5.74) is 0. The van der Waals surface area contributed by atoms with Gasteiger partial charge in [-0.1, -0.05) is 19.8 Å². The van der Waals surface area contributed by atoms with E-state index in [0.29, 0.717) is 11.7 Å². The number of hydrogen-bond acceptors (Lipinski definition) is 3. The second kappa shape index (κ2) is 4.73. The topological polar surface area (TPSA) is 39.4 Å². The molecule has 16 heavy (non-hydrogen) atoms. The predicted octanol–water partition coefficient (Wildman–Crippen LogP) is 3.36. The Hall–Kier alpha value is -1.25. The second-order valence-corrected chi connectivity index (χ2v) is 4.65. The van der Waals surface area contributed by atoms with Gasteiger partial charge in [0.1, 0.15) is 5.76 Å². The molecule has 0 saturated heterocycles. The molecule has 1 fully saturated rings. The summed E-state index contributed by atoms with van der Waals surface area (Å²) in [6.45, 7) is 2.29. The highest BCUT2D eigenvalue weighted by molar-refractivity contribution is 5.86. The number of ether oxygens (including phenoxy) is 1. The molecule has 1 aliphatic rings. The highest BCUT2D eigenvalue weighted by atomic mass is 16.5. The van der Waals surface area contributed by atoms with Crippen molar-refractivity contribution in [2.75, 3.05) is 7.11 Å². The first-order valence-corrected chi connectivity index (χ1v) is 5.88. The molecule has 88 valence electrons. The van der Waals surface area contributed by atoms with Crippen LogP contribution < -0.4 is 0 Å². The van der Waals surface area contributed by atoms with Crippen molar-refractivity contribution in [3.63, 3.8) is 0 Å². The van der Waals surface area contributed by atoms with Crippen LogP contribution in [0.1, 0.15) is 54.8 Å². The smallest absolute Gasteiger partial charge is 0.373 e. The first-order chi connectivity index (χ1) is 7.70. The van der Waals surface area contributed by atoms with E-state index in [1.165, 1.54) is 20.0 Å².